The molecule has 0 N–H and O–H groups in total. The monoisotopic (exact) mass is 891 g/mol. The molecule has 0 spiro atoms. The number of carbonyl (C=O) groups is 3. The summed E-state index contributed by atoms with van der Waals surface area (Å²) in [6.45, 7) is 9.04. The van der Waals surface area contributed by atoms with Gasteiger partial charge in [-0.3, -0.25) is 14.4 Å². The highest BCUT2D eigenvalue weighted by Gasteiger charge is 2.19. The van der Waals surface area contributed by atoms with E-state index in [1.807, 2.05) is 0 Å². The lowest BCUT2D eigenvalue weighted by Gasteiger charge is -2.18. The van der Waals surface area contributed by atoms with Crippen molar-refractivity contribution < 1.29 is 28.6 Å². The Bertz CT molecular complexity index is 949. The average Bonchev–Trinajstić information content (AvgIpc) is 3.27. The normalized spacial score (nSPS) is 12.0. The summed E-state index contributed by atoms with van der Waals surface area (Å²) in [5.74, 6) is -0.0199. The lowest BCUT2D eigenvalue weighted by molar-refractivity contribution is -0.167. The molecule has 0 amide bonds. The first-order valence-electron chi connectivity index (χ1n) is 28.4. The molecule has 0 aliphatic heterocycles. The van der Waals surface area contributed by atoms with Crippen LogP contribution in [0, 0.1) is 5.92 Å². The first-order chi connectivity index (χ1) is 30.9. The Labute approximate surface area is 393 Å². The van der Waals surface area contributed by atoms with Gasteiger partial charge in [-0.25, -0.2) is 0 Å². The molecule has 0 saturated carbocycles. The van der Waals surface area contributed by atoms with E-state index in [9.17, 15) is 14.4 Å². The highest BCUT2D eigenvalue weighted by Crippen LogP contribution is 2.18. The van der Waals surface area contributed by atoms with Gasteiger partial charge in [0.2, 0.25) is 0 Å². The lowest BCUT2D eigenvalue weighted by Crippen LogP contribution is -2.30. The molecule has 374 valence electrons. The van der Waals surface area contributed by atoms with Gasteiger partial charge in [-0.15, -0.1) is 0 Å². The SMILES string of the molecule is CCCCCCCCCCCCCCCCCCCCCC(=O)O[C@H](COC(=O)CCCCCCCCCCCCCCC)COC(=O)CCCCCCCCCCCCC(C)C. The number of esters is 3. The zero-order valence-corrected chi connectivity index (χ0v) is 43.0. The predicted molar refractivity (Wildman–Crippen MR) is 270 cm³/mol. The standard InChI is InChI=1S/C57H110O6/c1-5-7-9-11-13-15-17-19-20-21-22-23-24-26-28-34-38-42-46-50-57(60)63-54(51-61-55(58)48-44-40-36-32-27-25-18-16-14-12-10-8-6-2)52-62-56(59)49-45-41-37-33-30-29-31-35-39-43-47-53(3)4/h53-54H,5-52H2,1-4H3/t54-/m1/s1. The number of unbranched alkanes of at least 4 members (excludes halogenated alkanes) is 39. The highest BCUT2D eigenvalue weighted by atomic mass is 16.6. The molecule has 0 aliphatic rings. The zero-order valence-electron chi connectivity index (χ0n) is 43.0. The van der Waals surface area contributed by atoms with E-state index < -0.39 is 6.10 Å². The Balaban J connectivity index is 4.27. The van der Waals surface area contributed by atoms with Crippen molar-refractivity contribution in [2.75, 3.05) is 13.2 Å². The largest absolute Gasteiger partial charge is 0.462 e. The average molecular weight is 892 g/mol. The first-order valence-corrected chi connectivity index (χ1v) is 28.4. The van der Waals surface area contributed by atoms with Crippen LogP contribution >= 0.6 is 0 Å². The van der Waals surface area contributed by atoms with E-state index in [0.29, 0.717) is 19.3 Å². The first kappa shape index (κ1) is 61.4. The van der Waals surface area contributed by atoms with Gasteiger partial charge in [0.15, 0.2) is 6.10 Å². The van der Waals surface area contributed by atoms with E-state index in [1.165, 1.54) is 218 Å². The second-order valence-corrected chi connectivity index (χ2v) is 20.1. The molecule has 0 heterocycles. The number of ether oxygens (including phenoxy) is 3. The van der Waals surface area contributed by atoms with E-state index in [2.05, 4.69) is 27.7 Å². The fourth-order valence-electron chi connectivity index (χ4n) is 8.75. The summed E-state index contributed by atoms with van der Waals surface area (Å²) >= 11 is 0. The minimum absolute atomic E-state index is 0.0623. The molecule has 0 aromatic carbocycles. The molecule has 0 radical (unpaired) electrons. The van der Waals surface area contributed by atoms with Gasteiger partial charge in [-0.2, -0.15) is 0 Å². The van der Waals surface area contributed by atoms with Crippen LogP contribution in [0.3, 0.4) is 0 Å². The van der Waals surface area contributed by atoms with Crippen molar-refractivity contribution >= 4 is 17.9 Å². The fraction of sp³-hybridized carbons (Fsp3) is 0.947. The van der Waals surface area contributed by atoms with E-state index in [1.54, 1.807) is 0 Å². The summed E-state index contributed by atoms with van der Waals surface area (Å²) in [5.41, 5.74) is 0. The summed E-state index contributed by atoms with van der Waals surface area (Å²) in [6, 6.07) is 0. The topological polar surface area (TPSA) is 78.9 Å². The Kier molecular flexibility index (Phi) is 50.1. The summed E-state index contributed by atoms with van der Waals surface area (Å²) < 4.78 is 16.9. The molecule has 0 unspecified atom stereocenters. The van der Waals surface area contributed by atoms with E-state index in [0.717, 1.165) is 63.7 Å². The molecule has 6 heteroatoms. The van der Waals surface area contributed by atoms with Crippen molar-refractivity contribution in [3.8, 4) is 0 Å². The van der Waals surface area contributed by atoms with E-state index in [4.69, 9.17) is 14.2 Å². The third-order valence-corrected chi connectivity index (χ3v) is 13.0. The van der Waals surface area contributed by atoms with Crippen LogP contribution in [0.4, 0.5) is 0 Å². The van der Waals surface area contributed by atoms with Gasteiger partial charge in [0.1, 0.15) is 13.2 Å². The second-order valence-electron chi connectivity index (χ2n) is 20.1. The van der Waals surface area contributed by atoms with Gasteiger partial charge >= 0.3 is 17.9 Å². The Hall–Kier alpha value is -1.59. The second kappa shape index (κ2) is 51.4. The van der Waals surface area contributed by atoms with Crippen molar-refractivity contribution in [3.05, 3.63) is 0 Å². The molecule has 63 heavy (non-hydrogen) atoms. The maximum Gasteiger partial charge on any atom is 0.306 e. The van der Waals surface area contributed by atoms with Crippen molar-refractivity contribution in [1.29, 1.82) is 0 Å². The molecular formula is C57H110O6. The highest BCUT2D eigenvalue weighted by molar-refractivity contribution is 5.71. The summed E-state index contributed by atoms with van der Waals surface area (Å²) in [6.07, 6.45) is 55.2. The molecule has 1 atom stereocenters. The van der Waals surface area contributed by atoms with E-state index >= 15 is 0 Å². The third-order valence-electron chi connectivity index (χ3n) is 13.0. The van der Waals surface area contributed by atoms with Crippen LogP contribution in [0.25, 0.3) is 0 Å². The summed E-state index contributed by atoms with van der Waals surface area (Å²) in [7, 11) is 0. The minimum Gasteiger partial charge on any atom is -0.462 e. The fourth-order valence-corrected chi connectivity index (χ4v) is 8.75. The summed E-state index contributed by atoms with van der Waals surface area (Å²) in [5, 5.41) is 0. The molecular weight excluding hydrogens is 781 g/mol. The molecule has 0 saturated heterocycles. The van der Waals surface area contributed by atoms with Crippen LogP contribution in [0.15, 0.2) is 0 Å². The lowest BCUT2D eigenvalue weighted by atomic mass is 10.0. The Morgan fingerprint density at radius 3 is 0.778 bits per heavy atom. The van der Waals surface area contributed by atoms with Gasteiger partial charge in [0.25, 0.3) is 0 Å². The van der Waals surface area contributed by atoms with Crippen molar-refractivity contribution in [2.24, 2.45) is 5.92 Å². The molecule has 0 rings (SSSR count). The van der Waals surface area contributed by atoms with Crippen LogP contribution in [0.5, 0.6) is 0 Å². The van der Waals surface area contributed by atoms with Crippen molar-refractivity contribution in [2.45, 2.75) is 329 Å². The quantitative estimate of drug-likeness (QED) is 0.0344. The number of hydrogen-bond acceptors (Lipinski definition) is 6. The molecule has 6 nitrogen and oxygen atoms in total. The minimum atomic E-state index is -0.761. The number of rotatable bonds is 52. The van der Waals surface area contributed by atoms with Crippen LogP contribution in [-0.4, -0.2) is 37.2 Å². The molecule has 0 aliphatic carbocycles. The number of hydrogen-bond donors (Lipinski definition) is 0. The maximum absolute atomic E-state index is 12.8. The van der Waals surface area contributed by atoms with Gasteiger partial charge in [-0.1, -0.05) is 285 Å². The van der Waals surface area contributed by atoms with Gasteiger partial charge < -0.3 is 14.2 Å². The zero-order chi connectivity index (χ0) is 45.9. The van der Waals surface area contributed by atoms with Crippen LogP contribution in [0.2, 0.25) is 0 Å². The van der Waals surface area contributed by atoms with E-state index in [-0.39, 0.29) is 31.1 Å². The molecule has 0 aromatic heterocycles. The van der Waals surface area contributed by atoms with Gasteiger partial charge in [0.05, 0.1) is 0 Å². The Morgan fingerprint density at radius 2 is 0.524 bits per heavy atom. The van der Waals surface area contributed by atoms with Gasteiger partial charge in [0, 0.05) is 19.3 Å². The van der Waals surface area contributed by atoms with Gasteiger partial charge in [-0.05, 0) is 25.2 Å². The molecule has 0 bridgehead atoms. The Morgan fingerprint density at radius 1 is 0.302 bits per heavy atom. The summed E-state index contributed by atoms with van der Waals surface area (Å²) in [4.78, 5) is 38.1. The van der Waals surface area contributed by atoms with Crippen LogP contribution in [0.1, 0.15) is 323 Å². The smallest absolute Gasteiger partial charge is 0.306 e. The van der Waals surface area contributed by atoms with Crippen LogP contribution in [-0.2, 0) is 28.6 Å². The van der Waals surface area contributed by atoms with Crippen molar-refractivity contribution in [3.63, 3.8) is 0 Å². The van der Waals surface area contributed by atoms with Crippen molar-refractivity contribution in [1.82, 2.24) is 0 Å². The molecule has 0 fully saturated rings. The predicted octanol–water partition coefficient (Wildman–Crippen LogP) is 18.6. The third kappa shape index (κ3) is 51.3. The van der Waals surface area contributed by atoms with Crippen LogP contribution < -0.4 is 0 Å². The number of carbonyl (C=O) groups excluding carboxylic acids is 3. The molecule has 0 aromatic rings. The maximum atomic E-state index is 12.8.